The molecule has 6 heteroatoms. The molecule has 3 N–H and O–H groups in total. The SMILES string of the molecule is CCCNCCNC(=O)CCNC(=O)c1ccc(Br)cc1. The van der Waals surface area contributed by atoms with Crippen LogP contribution in [0.5, 0.6) is 0 Å². The van der Waals surface area contributed by atoms with Crippen molar-refractivity contribution in [2.75, 3.05) is 26.2 Å². The Morgan fingerprint density at radius 1 is 1.00 bits per heavy atom. The summed E-state index contributed by atoms with van der Waals surface area (Å²) in [5.74, 6) is -0.218. The summed E-state index contributed by atoms with van der Waals surface area (Å²) in [4.78, 5) is 23.3. The lowest BCUT2D eigenvalue weighted by Crippen LogP contribution is -2.34. The molecule has 0 aliphatic heterocycles. The van der Waals surface area contributed by atoms with Crippen molar-refractivity contribution in [3.63, 3.8) is 0 Å². The second kappa shape index (κ2) is 10.3. The van der Waals surface area contributed by atoms with Crippen LogP contribution in [-0.4, -0.2) is 38.0 Å². The summed E-state index contributed by atoms with van der Waals surface area (Å²) < 4.78 is 0.926. The normalized spacial score (nSPS) is 10.2. The highest BCUT2D eigenvalue weighted by Crippen LogP contribution is 2.10. The molecule has 0 heterocycles. The van der Waals surface area contributed by atoms with Crippen LogP contribution in [0.15, 0.2) is 28.7 Å². The Morgan fingerprint density at radius 2 is 1.71 bits per heavy atom. The van der Waals surface area contributed by atoms with Gasteiger partial charge in [0.2, 0.25) is 5.91 Å². The lowest BCUT2D eigenvalue weighted by Gasteiger charge is -2.07. The molecule has 0 unspecified atom stereocenters. The maximum atomic E-state index is 11.8. The second-order valence-corrected chi connectivity index (χ2v) is 5.53. The fraction of sp³-hybridized carbons (Fsp3) is 0.467. The Hall–Kier alpha value is -1.40. The van der Waals surface area contributed by atoms with Gasteiger partial charge in [0.05, 0.1) is 0 Å². The molecule has 0 radical (unpaired) electrons. The fourth-order valence-corrected chi connectivity index (χ4v) is 1.94. The summed E-state index contributed by atoms with van der Waals surface area (Å²) in [5, 5.41) is 8.74. The first-order valence-electron chi connectivity index (χ1n) is 7.14. The minimum absolute atomic E-state index is 0.0515. The molecule has 1 aromatic carbocycles. The molecule has 21 heavy (non-hydrogen) atoms. The van der Waals surface area contributed by atoms with E-state index in [-0.39, 0.29) is 18.2 Å². The minimum atomic E-state index is -0.167. The van der Waals surface area contributed by atoms with Gasteiger partial charge in [-0.25, -0.2) is 0 Å². The third-order valence-corrected chi connectivity index (χ3v) is 3.32. The molecule has 1 rings (SSSR count). The first-order valence-corrected chi connectivity index (χ1v) is 7.94. The van der Waals surface area contributed by atoms with Gasteiger partial charge in [0.15, 0.2) is 0 Å². The van der Waals surface area contributed by atoms with Gasteiger partial charge in [-0.05, 0) is 37.2 Å². The Bertz CT molecular complexity index is 449. The van der Waals surface area contributed by atoms with Crippen LogP contribution in [0.4, 0.5) is 0 Å². The average molecular weight is 356 g/mol. The first-order chi connectivity index (χ1) is 10.1. The van der Waals surface area contributed by atoms with Crippen molar-refractivity contribution >= 4 is 27.7 Å². The summed E-state index contributed by atoms with van der Waals surface area (Å²) >= 11 is 3.32. The van der Waals surface area contributed by atoms with Crippen LogP contribution in [0, 0.1) is 0 Å². The molecule has 0 aromatic heterocycles. The minimum Gasteiger partial charge on any atom is -0.355 e. The third kappa shape index (κ3) is 7.82. The largest absolute Gasteiger partial charge is 0.355 e. The predicted octanol–water partition coefficient (Wildman–Crippen LogP) is 1.68. The Labute approximate surface area is 134 Å². The van der Waals surface area contributed by atoms with Crippen LogP contribution in [0.25, 0.3) is 0 Å². The Kier molecular flexibility index (Phi) is 8.69. The van der Waals surface area contributed by atoms with Crippen LogP contribution < -0.4 is 16.0 Å². The van der Waals surface area contributed by atoms with E-state index in [1.807, 2.05) is 12.1 Å². The van der Waals surface area contributed by atoms with Gasteiger partial charge in [-0.15, -0.1) is 0 Å². The zero-order chi connectivity index (χ0) is 15.5. The maximum absolute atomic E-state index is 11.8. The molecule has 116 valence electrons. The topological polar surface area (TPSA) is 70.2 Å². The molecule has 0 spiro atoms. The van der Waals surface area contributed by atoms with Crippen molar-refractivity contribution in [2.45, 2.75) is 19.8 Å². The fourth-order valence-electron chi connectivity index (χ4n) is 1.67. The maximum Gasteiger partial charge on any atom is 0.251 e. The van der Waals surface area contributed by atoms with E-state index in [4.69, 9.17) is 0 Å². The van der Waals surface area contributed by atoms with Gasteiger partial charge < -0.3 is 16.0 Å². The molecule has 2 amide bonds. The van der Waals surface area contributed by atoms with Crippen LogP contribution in [0.3, 0.4) is 0 Å². The quantitative estimate of drug-likeness (QED) is 0.590. The molecule has 0 saturated carbocycles. The van der Waals surface area contributed by atoms with Gasteiger partial charge in [0.1, 0.15) is 0 Å². The monoisotopic (exact) mass is 355 g/mol. The Morgan fingerprint density at radius 3 is 2.38 bits per heavy atom. The zero-order valence-corrected chi connectivity index (χ0v) is 13.8. The van der Waals surface area contributed by atoms with Gasteiger partial charge in [0, 0.05) is 36.1 Å². The highest BCUT2D eigenvalue weighted by atomic mass is 79.9. The van der Waals surface area contributed by atoms with Gasteiger partial charge in [0.25, 0.3) is 5.91 Å². The zero-order valence-electron chi connectivity index (χ0n) is 12.2. The number of halogens is 1. The summed E-state index contributed by atoms with van der Waals surface area (Å²) in [5.41, 5.74) is 0.586. The lowest BCUT2D eigenvalue weighted by atomic mass is 10.2. The number of hydrogen-bond donors (Lipinski definition) is 3. The number of nitrogens with one attached hydrogen (secondary N) is 3. The Balaban J connectivity index is 2.13. The summed E-state index contributed by atoms with van der Waals surface area (Å²) in [6.45, 7) is 4.77. The smallest absolute Gasteiger partial charge is 0.251 e. The summed E-state index contributed by atoms with van der Waals surface area (Å²) in [7, 11) is 0. The van der Waals surface area contributed by atoms with Crippen molar-refractivity contribution in [1.29, 1.82) is 0 Å². The summed E-state index contributed by atoms with van der Waals surface area (Å²) in [6, 6.07) is 7.09. The molecule has 0 atom stereocenters. The van der Waals surface area contributed by atoms with Crippen LogP contribution in [0.1, 0.15) is 30.1 Å². The van der Waals surface area contributed by atoms with Crippen molar-refractivity contribution in [2.24, 2.45) is 0 Å². The van der Waals surface area contributed by atoms with Gasteiger partial charge in [-0.3, -0.25) is 9.59 Å². The standard InChI is InChI=1S/C15H22BrN3O2/c1-2-8-17-10-11-18-14(20)7-9-19-15(21)12-3-5-13(16)6-4-12/h3-6,17H,2,7-11H2,1H3,(H,18,20)(H,19,21). The first kappa shape index (κ1) is 17.7. The molecule has 0 bridgehead atoms. The van der Waals surface area contributed by atoms with Crippen LogP contribution in [0.2, 0.25) is 0 Å². The van der Waals surface area contributed by atoms with E-state index in [9.17, 15) is 9.59 Å². The van der Waals surface area contributed by atoms with E-state index < -0.39 is 0 Å². The molecule has 0 aliphatic rings. The lowest BCUT2D eigenvalue weighted by molar-refractivity contribution is -0.120. The van der Waals surface area contributed by atoms with Crippen LogP contribution >= 0.6 is 15.9 Å². The van der Waals surface area contributed by atoms with Crippen molar-refractivity contribution < 1.29 is 9.59 Å². The van der Waals surface area contributed by atoms with E-state index in [1.165, 1.54) is 0 Å². The highest BCUT2D eigenvalue weighted by Gasteiger charge is 2.06. The number of amides is 2. The van der Waals surface area contributed by atoms with E-state index >= 15 is 0 Å². The van der Waals surface area contributed by atoms with E-state index in [0.717, 1.165) is 24.0 Å². The van der Waals surface area contributed by atoms with Crippen LogP contribution in [-0.2, 0) is 4.79 Å². The number of carbonyl (C=O) groups is 2. The number of carbonyl (C=O) groups excluding carboxylic acids is 2. The molecule has 0 aliphatic carbocycles. The predicted molar refractivity (Wildman–Crippen MR) is 87.3 cm³/mol. The molecule has 1 aromatic rings. The second-order valence-electron chi connectivity index (χ2n) is 4.61. The third-order valence-electron chi connectivity index (χ3n) is 2.79. The van der Waals surface area contributed by atoms with Crippen molar-refractivity contribution in [3.05, 3.63) is 34.3 Å². The average Bonchev–Trinajstić information content (AvgIpc) is 2.47. The van der Waals surface area contributed by atoms with E-state index in [1.54, 1.807) is 12.1 Å². The van der Waals surface area contributed by atoms with Gasteiger partial charge >= 0.3 is 0 Å². The molecular formula is C15H22BrN3O2. The number of benzene rings is 1. The molecule has 0 saturated heterocycles. The number of hydrogen-bond acceptors (Lipinski definition) is 3. The van der Waals surface area contributed by atoms with E-state index in [2.05, 4.69) is 38.8 Å². The summed E-state index contributed by atoms with van der Waals surface area (Å²) in [6.07, 6.45) is 1.37. The van der Waals surface area contributed by atoms with Crippen molar-refractivity contribution in [3.8, 4) is 0 Å². The number of rotatable bonds is 9. The van der Waals surface area contributed by atoms with Gasteiger partial charge in [-0.1, -0.05) is 22.9 Å². The highest BCUT2D eigenvalue weighted by molar-refractivity contribution is 9.10. The molecule has 0 fully saturated rings. The molecular weight excluding hydrogens is 334 g/mol. The van der Waals surface area contributed by atoms with Gasteiger partial charge in [-0.2, -0.15) is 0 Å². The van der Waals surface area contributed by atoms with Crippen molar-refractivity contribution in [1.82, 2.24) is 16.0 Å². The molecule has 5 nitrogen and oxygen atoms in total. The van der Waals surface area contributed by atoms with E-state index in [0.29, 0.717) is 18.7 Å².